The molecule has 46 heavy (non-hydrogen) atoms. The van der Waals surface area contributed by atoms with Crippen LogP contribution in [-0.2, 0) is 6.42 Å². The standard InChI is InChI=1S/C42H29ClN2S/c43-37-23-22-33(28-12-4-1-5-13-28)41-36-27-32(21-25-40(36)46-42(37)41)44(29-14-6-2-7-15-29)31-20-24-39-35(26-31)34-18-10-11-19-38(34)45(39)30-16-8-3-9-17-30/h1-25,27,31H,26H2. The summed E-state index contributed by atoms with van der Waals surface area (Å²) in [6.45, 7) is 0. The van der Waals surface area contributed by atoms with E-state index >= 15 is 0 Å². The molecule has 0 N–H and O–H groups in total. The Morgan fingerprint density at radius 2 is 1.39 bits per heavy atom. The Kier molecular flexibility index (Phi) is 6.55. The van der Waals surface area contributed by atoms with Crippen LogP contribution in [0.4, 0.5) is 11.4 Å². The highest BCUT2D eigenvalue weighted by Gasteiger charge is 2.28. The van der Waals surface area contributed by atoms with Gasteiger partial charge >= 0.3 is 0 Å². The van der Waals surface area contributed by atoms with E-state index < -0.39 is 0 Å². The number of rotatable bonds is 5. The zero-order valence-electron chi connectivity index (χ0n) is 25.0. The van der Waals surface area contributed by atoms with E-state index in [1.807, 2.05) is 6.07 Å². The summed E-state index contributed by atoms with van der Waals surface area (Å²) in [4.78, 5) is 2.50. The third-order valence-corrected chi connectivity index (χ3v) is 10.8. The van der Waals surface area contributed by atoms with Gasteiger partial charge in [0, 0.05) is 43.6 Å². The number of fused-ring (bicyclic) bond motifs is 6. The topological polar surface area (TPSA) is 8.17 Å². The van der Waals surface area contributed by atoms with Gasteiger partial charge in [0.2, 0.25) is 0 Å². The molecule has 0 radical (unpaired) electrons. The Hall–Kier alpha value is -5.09. The highest BCUT2D eigenvalue weighted by atomic mass is 35.5. The molecule has 0 amide bonds. The normalized spacial score (nSPS) is 14.2. The molecule has 2 heterocycles. The van der Waals surface area contributed by atoms with E-state index in [4.69, 9.17) is 11.6 Å². The van der Waals surface area contributed by atoms with Gasteiger partial charge in [0.1, 0.15) is 0 Å². The highest BCUT2D eigenvalue weighted by Crippen LogP contribution is 2.46. The van der Waals surface area contributed by atoms with Crippen LogP contribution in [0.5, 0.6) is 0 Å². The Balaban J connectivity index is 1.22. The number of thiophene rings is 1. The molecular formula is C42H29ClN2S. The van der Waals surface area contributed by atoms with Crippen LogP contribution < -0.4 is 4.90 Å². The molecule has 0 fully saturated rings. The molecule has 0 aliphatic heterocycles. The number of nitrogens with zero attached hydrogens (tertiary/aromatic N) is 2. The first kappa shape index (κ1) is 27.2. The SMILES string of the molecule is Clc1ccc(-c2ccccc2)c2c1sc1ccc(N(c3ccccc3)C3C=Cc4c(c5ccccc5n4-c4ccccc4)C3)cc12. The van der Waals surface area contributed by atoms with Gasteiger partial charge < -0.3 is 9.47 Å². The predicted octanol–water partition coefficient (Wildman–Crippen LogP) is 12.1. The molecule has 9 rings (SSSR count). The molecule has 2 nitrogen and oxygen atoms in total. The van der Waals surface area contributed by atoms with Crippen LogP contribution in [-0.4, -0.2) is 10.6 Å². The molecule has 1 aliphatic carbocycles. The molecule has 6 aromatic carbocycles. The number of anilines is 2. The minimum absolute atomic E-state index is 0.129. The zero-order valence-corrected chi connectivity index (χ0v) is 26.5. The largest absolute Gasteiger partial charge is 0.334 e. The van der Waals surface area contributed by atoms with Crippen molar-refractivity contribution in [2.75, 3.05) is 4.90 Å². The summed E-state index contributed by atoms with van der Waals surface area (Å²) < 4.78 is 4.78. The fraction of sp³-hybridized carbons (Fsp3) is 0.0476. The fourth-order valence-corrected chi connectivity index (χ4v) is 8.58. The molecule has 8 aromatic rings. The van der Waals surface area contributed by atoms with Gasteiger partial charge in [0.15, 0.2) is 0 Å². The summed E-state index contributed by atoms with van der Waals surface area (Å²) in [5.74, 6) is 0. The predicted molar refractivity (Wildman–Crippen MR) is 198 cm³/mol. The van der Waals surface area contributed by atoms with Gasteiger partial charge in [-0.05, 0) is 83.8 Å². The van der Waals surface area contributed by atoms with Crippen molar-refractivity contribution in [2.24, 2.45) is 0 Å². The van der Waals surface area contributed by atoms with E-state index in [1.54, 1.807) is 11.3 Å². The summed E-state index contributed by atoms with van der Waals surface area (Å²) in [6.07, 6.45) is 5.61. The molecule has 0 bridgehead atoms. The van der Waals surface area contributed by atoms with Crippen LogP contribution >= 0.6 is 22.9 Å². The van der Waals surface area contributed by atoms with Gasteiger partial charge in [-0.1, -0.05) is 109 Å². The number of aromatic nitrogens is 1. The van der Waals surface area contributed by atoms with Gasteiger partial charge in [0.05, 0.1) is 21.3 Å². The maximum Gasteiger partial charge on any atom is 0.0585 e. The molecule has 1 atom stereocenters. The second-order valence-corrected chi connectivity index (χ2v) is 13.3. The van der Waals surface area contributed by atoms with Crippen molar-refractivity contribution >= 4 is 71.5 Å². The number of halogens is 1. The maximum absolute atomic E-state index is 6.84. The Labute approximate surface area is 277 Å². The number of benzene rings is 6. The van der Waals surface area contributed by atoms with Crippen molar-refractivity contribution in [1.82, 2.24) is 4.57 Å². The first-order chi connectivity index (χ1) is 22.7. The third kappa shape index (κ3) is 4.39. The lowest BCUT2D eigenvalue weighted by Crippen LogP contribution is -2.33. The van der Waals surface area contributed by atoms with E-state index in [9.17, 15) is 0 Å². The van der Waals surface area contributed by atoms with Crippen molar-refractivity contribution in [3.63, 3.8) is 0 Å². The molecule has 1 aliphatic rings. The van der Waals surface area contributed by atoms with Crippen LogP contribution in [0, 0.1) is 0 Å². The van der Waals surface area contributed by atoms with Gasteiger partial charge in [-0.3, -0.25) is 0 Å². The van der Waals surface area contributed by atoms with E-state index in [1.165, 1.54) is 65.8 Å². The Bertz CT molecular complexity index is 2410. The van der Waals surface area contributed by atoms with Crippen LogP contribution in [0.1, 0.15) is 11.3 Å². The molecule has 0 spiro atoms. The fourth-order valence-electron chi connectivity index (χ4n) is 7.19. The molecule has 2 aromatic heterocycles. The van der Waals surface area contributed by atoms with Crippen molar-refractivity contribution in [1.29, 1.82) is 0 Å². The van der Waals surface area contributed by atoms with Crippen LogP contribution in [0.3, 0.4) is 0 Å². The minimum atomic E-state index is 0.129. The van der Waals surface area contributed by atoms with Crippen molar-refractivity contribution in [3.8, 4) is 16.8 Å². The first-order valence-corrected chi connectivity index (χ1v) is 16.8. The lowest BCUT2D eigenvalue weighted by atomic mass is 9.94. The van der Waals surface area contributed by atoms with Crippen molar-refractivity contribution in [2.45, 2.75) is 12.5 Å². The van der Waals surface area contributed by atoms with Gasteiger partial charge in [-0.15, -0.1) is 11.3 Å². The van der Waals surface area contributed by atoms with E-state index in [2.05, 4.69) is 161 Å². The summed E-state index contributed by atoms with van der Waals surface area (Å²) >= 11 is 8.61. The number of hydrogen-bond acceptors (Lipinski definition) is 2. The molecule has 220 valence electrons. The van der Waals surface area contributed by atoms with Gasteiger partial charge in [-0.2, -0.15) is 0 Å². The molecule has 0 saturated carbocycles. The van der Waals surface area contributed by atoms with E-state index in [0.717, 1.165) is 16.1 Å². The number of hydrogen-bond donors (Lipinski definition) is 0. The van der Waals surface area contributed by atoms with Crippen molar-refractivity contribution in [3.05, 3.63) is 168 Å². The average molecular weight is 629 g/mol. The second kappa shape index (κ2) is 11.1. The smallest absolute Gasteiger partial charge is 0.0585 e. The summed E-state index contributed by atoms with van der Waals surface area (Å²) in [5.41, 5.74) is 9.83. The maximum atomic E-state index is 6.84. The van der Waals surface area contributed by atoms with E-state index in [0.29, 0.717) is 0 Å². The third-order valence-electron chi connectivity index (χ3n) is 9.21. The lowest BCUT2D eigenvalue weighted by molar-refractivity contribution is 0.767. The second-order valence-electron chi connectivity index (χ2n) is 11.8. The van der Waals surface area contributed by atoms with Crippen LogP contribution in [0.15, 0.2) is 152 Å². The monoisotopic (exact) mass is 628 g/mol. The Morgan fingerprint density at radius 3 is 2.20 bits per heavy atom. The van der Waals surface area contributed by atoms with Crippen LogP contribution in [0.25, 0.3) is 54.0 Å². The average Bonchev–Trinajstić information content (AvgIpc) is 3.66. The van der Waals surface area contributed by atoms with Gasteiger partial charge in [0.25, 0.3) is 0 Å². The zero-order chi connectivity index (χ0) is 30.6. The summed E-state index contributed by atoms with van der Waals surface area (Å²) in [6, 6.07) is 52.2. The highest BCUT2D eigenvalue weighted by molar-refractivity contribution is 7.26. The van der Waals surface area contributed by atoms with Gasteiger partial charge in [-0.25, -0.2) is 0 Å². The first-order valence-electron chi connectivity index (χ1n) is 15.6. The van der Waals surface area contributed by atoms with Crippen LogP contribution in [0.2, 0.25) is 5.02 Å². The molecule has 1 unspecified atom stereocenters. The quantitative estimate of drug-likeness (QED) is 0.184. The Morgan fingerprint density at radius 1 is 0.674 bits per heavy atom. The lowest BCUT2D eigenvalue weighted by Gasteiger charge is -2.34. The van der Waals surface area contributed by atoms with E-state index in [-0.39, 0.29) is 6.04 Å². The number of para-hydroxylation sites is 3. The van der Waals surface area contributed by atoms with Crippen molar-refractivity contribution < 1.29 is 0 Å². The molecular weight excluding hydrogens is 600 g/mol. The summed E-state index contributed by atoms with van der Waals surface area (Å²) in [7, 11) is 0. The molecule has 0 saturated heterocycles. The summed E-state index contributed by atoms with van der Waals surface area (Å²) in [5, 5.41) is 4.57. The molecule has 4 heteroatoms. The minimum Gasteiger partial charge on any atom is -0.334 e.